The largest absolute Gasteiger partial charge is 0.383 e. The Kier molecular flexibility index (Phi) is 5.85. The molecular formula is C12H14Cl2FNO2. The van der Waals surface area contributed by atoms with Crippen LogP contribution < -0.4 is 0 Å². The Morgan fingerprint density at radius 1 is 1.56 bits per heavy atom. The van der Waals surface area contributed by atoms with Crippen molar-refractivity contribution in [2.75, 3.05) is 27.3 Å². The van der Waals surface area contributed by atoms with E-state index in [0.29, 0.717) is 6.61 Å². The second-order valence-corrected chi connectivity index (χ2v) is 4.92. The van der Waals surface area contributed by atoms with Crippen molar-refractivity contribution < 1.29 is 13.9 Å². The van der Waals surface area contributed by atoms with Gasteiger partial charge in [-0.2, -0.15) is 0 Å². The molecule has 0 bridgehead atoms. The van der Waals surface area contributed by atoms with Gasteiger partial charge in [-0.05, 0) is 18.2 Å². The van der Waals surface area contributed by atoms with Gasteiger partial charge in [0.15, 0.2) is 0 Å². The van der Waals surface area contributed by atoms with Crippen molar-refractivity contribution in [2.24, 2.45) is 0 Å². The van der Waals surface area contributed by atoms with Crippen LogP contribution in [0.4, 0.5) is 4.39 Å². The molecule has 0 aliphatic heterocycles. The molecule has 6 heteroatoms. The molecule has 0 radical (unpaired) electrons. The van der Waals surface area contributed by atoms with Crippen LogP contribution in [-0.2, 0) is 4.74 Å². The van der Waals surface area contributed by atoms with Crippen LogP contribution in [0.3, 0.4) is 0 Å². The van der Waals surface area contributed by atoms with Gasteiger partial charge >= 0.3 is 0 Å². The second-order valence-electron chi connectivity index (χ2n) is 3.86. The summed E-state index contributed by atoms with van der Waals surface area (Å²) in [6, 6.07) is 3.94. The van der Waals surface area contributed by atoms with Crippen LogP contribution in [0, 0.1) is 5.82 Å². The molecule has 1 unspecified atom stereocenters. The van der Waals surface area contributed by atoms with Crippen molar-refractivity contribution in [1.29, 1.82) is 0 Å². The summed E-state index contributed by atoms with van der Waals surface area (Å²) in [5.74, 6) is -1.08. The highest BCUT2D eigenvalue weighted by Gasteiger charge is 2.18. The summed E-state index contributed by atoms with van der Waals surface area (Å²) < 4.78 is 18.4. The Morgan fingerprint density at radius 3 is 2.78 bits per heavy atom. The molecule has 0 saturated heterocycles. The number of methoxy groups -OCH3 is 1. The van der Waals surface area contributed by atoms with Crippen LogP contribution in [0.1, 0.15) is 10.4 Å². The van der Waals surface area contributed by atoms with Gasteiger partial charge in [-0.1, -0.05) is 11.6 Å². The standard InChI is InChI=1S/C12H14Cl2FNO2/c1-16(6-9(14)7-18-2)12(17)10-4-3-8(13)5-11(10)15/h3-5,9H,6-7H2,1-2H3. The normalized spacial score (nSPS) is 12.3. The molecule has 0 aliphatic carbocycles. The molecule has 100 valence electrons. The number of alkyl halides is 1. The molecule has 0 aliphatic rings. The first-order chi connectivity index (χ1) is 8.45. The molecule has 0 heterocycles. The highest BCUT2D eigenvalue weighted by Crippen LogP contribution is 2.16. The molecule has 1 rings (SSSR count). The number of benzene rings is 1. The van der Waals surface area contributed by atoms with Crippen LogP contribution in [-0.4, -0.2) is 43.5 Å². The minimum atomic E-state index is -0.641. The first-order valence-corrected chi connectivity index (χ1v) is 6.10. The monoisotopic (exact) mass is 293 g/mol. The van der Waals surface area contributed by atoms with Crippen LogP contribution >= 0.6 is 23.2 Å². The number of amides is 1. The van der Waals surface area contributed by atoms with Crippen LogP contribution in [0.25, 0.3) is 0 Å². The Bertz CT molecular complexity index is 429. The minimum absolute atomic E-state index is 0.0248. The second kappa shape index (κ2) is 6.92. The van der Waals surface area contributed by atoms with E-state index in [1.54, 1.807) is 7.05 Å². The maximum absolute atomic E-state index is 13.6. The van der Waals surface area contributed by atoms with Crippen LogP contribution in [0.2, 0.25) is 5.02 Å². The topological polar surface area (TPSA) is 29.5 Å². The summed E-state index contributed by atoms with van der Waals surface area (Å²) >= 11 is 11.6. The zero-order valence-electron chi connectivity index (χ0n) is 10.1. The predicted octanol–water partition coefficient (Wildman–Crippen LogP) is 2.80. The number of rotatable bonds is 5. The van der Waals surface area contributed by atoms with E-state index in [0.717, 1.165) is 6.07 Å². The van der Waals surface area contributed by atoms with E-state index in [4.69, 9.17) is 27.9 Å². The third-order valence-corrected chi connectivity index (χ3v) is 2.83. The molecule has 1 atom stereocenters. The van der Waals surface area contributed by atoms with Gasteiger partial charge in [0.05, 0.1) is 17.5 Å². The number of hydrogen-bond donors (Lipinski definition) is 0. The summed E-state index contributed by atoms with van der Waals surface area (Å²) in [6.45, 7) is 0.596. The zero-order valence-corrected chi connectivity index (χ0v) is 11.6. The maximum atomic E-state index is 13.6. The molecular weight excluding hydrogens is 280 g/mol. The fourth-order valence-electron chi connectivity index (χ4n) is 1.48. The van der Waals surface area contributed by atoms with Gasteiger partial charge in [0.25, 0.3) is 5.91 Å². The Balaban J connectivity index is 2.74. The van der Waals surface area contributed by atoms with Gasteiger partial charge < -0.3 is 9.64 Å². The summed E-state index contributed by atoms with van der Waals surface area (Å²) in [7, 11) is 3.08. The number of carbonyl (C=O) groups excluding carboxylic acids is 1. The van der Waals surface area contributed by atoms with E-state index in [-0.39, 0.29) is 22.5 Å². The first kappa shape index (κ1) is 15.2. The van der Waals surface area contributed by atoms with Gasteiger partial charge in [0, 0.05) is 25.7 Å². The fraction of sp³-hybridized carbons (Fsp3) is 0.417. The van der Waals surface area contributed by atoms with E-state index in [1.807, 2.05) is 0 Å². The molecule has 0 saturated carbocycles. The van der Waals surface area contributed by atoms with E-state index in [1.165, 1.54) is 24.1 Å². The molecule has 0 aromatic heterocycles. The van der Waals surface area contributed by atoms with E-state index >= 15 is 0 Å². The van der Waals surface area contributed by atoms with Crippen molar-refractivity contribution in [3.05, 3.63) is 34.6 Å². The summed E-state index contributed by atoms with van der Waals surface area (Å²) in [4.78, 5) is 13.3. The minimum Gasteiger partial charge on any atom is -0.383 e. The van der Waals surface area contributed by atoms with Gasteiger partial charge in [0.1, 0.15) is 5.82 Å². The van der Waals surface area contributed by atoms with Crippen molar-refractivity contribution >= 4 is 29.1 Å². The Hall–Kier alpha value is -0.840. The summed E-state index contributed by atoms with van der Waals surface area (Å²) in [5.41, 5.74) is -0.0248. The molecule has 0 spiro atoms. The van der Waals surface area contributed by atoms with E-state index in [9.17, 15) is 9.18 Å². The number of hydrogen-bond acceptors (Lipinski definition) is 2. The number of halogens is 3. The molecule has 0 N–H and O–H groups in total. The lowest BCUT2D eigenvalue weighted by molar-refractivity contribution is 0.0777. The molecule has 18 heavy (non-hydrogen) atoms. The number of ether oxygens (including phenoxy) is 1. The van der Waals surface area contributed by atoms with Crippen molar-refractivity contribution in [3.8, 4) is 0 Å². The first-order valence-electron chi connectivity index (χ1n) is 5.29. The highest BCUT2D eigenvalue weighted by atomic mass is 35.5. The molecule has 0 fully saturated rings. The third kappa shape index (κ3) is 4.12. The maximum Gasteiger partial charge on any atom is 0.256 e. The third-order valence-electron chi connectivity index (χ3n) is 2.33. The van der Waals surface area contributed by atoms with Crippen molar-refractivity contribution in [1.82, 2.24) is 4.90 Å². The summed E-state index contributed by atoms with van der Waals surface area (Å²) in [5, 5.41) is -0.0828. The lowest BCUT2D eigenvalue weighted by Crippen LogP contribution is -2.34. The smallest absolute Gasteiger partial charge is 0.256 e. The molecule has 3 nitrogen and oxygen atoms in total. The summed E-state index contributed by atoms with van der Waals surface area (Å²) in [6.07, 6.45) is 0. The Morgan fingerprint density at radius 2 is 2.22 bits per heavy atom. The van der Waals surface area contributed by atoms with Crippen molar-refractivity contribution in [3.63, 3.8) is 0 Å². The SMILES string of the molecule is COCC(Cl)CN(C)C(=O)c1ccc(Cl)cc1F. The van der Waals surface area contributed by atoms with Crippen molar-refractivity contribution in [2.45, 2.75) is 5.38 Å². The Labute approximate surface area is 115 Å². The van der Waals surface area contributed by atoms with E-state index in [2.05, 4.69) is 0 Å². The molecule has 1 aromatic rings. The van der Waals surface area contributed by atoms with E-state index < -0.39 is 11.7 Å². The number of carbonyl (C=O) groups is 1. The van der Waals surface area contributed by atoms with Gasteiger partial charge in [0.2, 0.25) is 0 Å². The lowest BCUT2D eigenvalue weighted by Gasteiger charge is -2.20. The molecule has 1 aromatic carbocycles. The van der Waals surface area contributed by atoms with Crippen LogP contribution in [0.5, 0.6) is 0 Å². The lowest BCUT2D eigenvalue weighted by atomic mass is 10.2. The highest BCUT2D eigenvalue weighted by molar-refractivity contribution is 6.30. The average molecular weight is 294 g/mol. The van der Waals surface area contributed by atoms with Gasteiger partial charge in [-0.25, -0.2) is 4.39 Å². The fourth-order valence-corrected chi connectivity index (χ4v) is 1.97. The molecule has 1 amide bonds. The van der Waals surface area contributed by atoms with Gasteiger partial charge in [-0.3, -0.25) is 4.79 Å². The van der Waals surface area contributed by atoms with Gasteiger partial charge in [-0.15, -0.1) is 11.6 Å². The quantitative estimate of drug-likeness (QED) is 0.782. The zero-order chi connectivity index (χ0) is 13.7. The predicted molar refractivity (Wildman–Crippen MR) is 69.9 cm³/mol. The number of nitrogens with zero attached hydrogens (tertiary/aromatic N) is 1. The average Bonchev–Trinajstić information content (AvgIpc) is 2.28. The van der Waals surface area contributed by atoms with Crippen LogP contribution in [0.15, 0.2) is 18.2 Å².